The second kappa shape index (κ2) is 9.76. The van der Waals surface area contributed by atoms with Crippen molar-refractivity contribution in [2.75, 3.05) is 19.0 Å². The highest BCUT2D eigenvalue weighted by Crippen LogP contribution is 2.23. The normalized spacial score (nSPS) is 12.9. The summed E-state index contributed by atoms with van der Waals surface area (Å²) in [4.78, 5) is 25.1. The quantitative estimate of drug-likeness (QED) is 0.656. The van der Waals surface area contributed by atoms with Crippen LogP contribution in [0.5, 0.6) is 5.75 Å². The number of ether oxygens (including phenoxy) is 3. The number of benzene rings is 1. The molecule has 1 aromatic carbocycles. The van der Waals surface area contributed by atoms with E-state index in [1.807, 2.05) is 13.8 Å². The zero-order valence-corrected chi connectivity index (χ0v) is 18.2. The van der Waals surface area contributed by atoms with Gasteiger partial charge in [0.05, 0.1) is 23.7 Å². The number of rotatable bonds is 8. The number of amides is 1. The van der Waals surface area contributed by atoms with E-state index < -0.39 is 24.1 Å². The third-order valence-electron chi connectivity index (χ3n) is 4.41. The van der Waals surface area contributed by atoms with E-state index in [-0.39, 0.29) is 6.61 Å². The Morgan fingerprint density at radius 2 is 1.97 bits per heavy atom. The van der Waals surface area contributed by atoms with Gasteiger partial charge in [0, 0.05) is 19.2 Å². The van der Waals surface area contributed by atoms with Crippen LogP contribution >= 0.6 is 11.6 Å². The van der Waals surface area contributed by atoms with Crippen molar-refractivity contribution in [1.82, 2.24) is 9.78 Å². The first-order chi connectivity index (χ1) is 13.6. The molecular formula is C20H26ClN3O5. The summed E-state index contributed by atoms with van der Waals surface area (Å²) in [5, 5.41) is 7.56. The molecule has 2 rings (SSSR count). The number of hydrogen-bond donors (Lipinski definition) is 1. The van der Waals surface area contributed by atoms with Crippen molar-refractivity contribution in [3.05, 3.63) is 40.2 Å². The zero-order chi connectivity index (χ0) is 21.7. The lowest BCUT2D eigenvalue weighted by atomic mass is 10.2. The van der Waals surface area contributed by atoms with E-state index >= 15 is 0 Å². The number of aromatic nitrogens is 2. The molecule has 2 atom stereocenters. The van der Waals surface area contributed by atoms with Crippen LogP contribution in [0, 0.1) is 20.8 Å². The Labute approximate surface area is 175 Å². The largest absolute Gasteiger partial charge is 0.476 e. The van der Waals surface area contributed by atoms with Gasteiger partial charge in [0.2, 0.25) is 6.10 Å². The molecule has 0 aliphatic heterocycles. The number of carbonyl (C=O) groups excluding carboxylic acids is 2. The Kier molecular flexibility index (Phi) is 7.64. The standard InChI is InChI=1S/C20H26ClN3O5/c1-11-9-15(21)7-8-16(11)29-17(10-27-6)20(26)28-14(4)19(25)22-18-12(2)23-24(5)13(18)3/h7-9,14,17H,10H2,1-6H3,(H,22,25). The number of halogens is 1. The van der Waals surface area contributed by atoms with Gasteiger partial charge in [0.1, 0.15) is 5.75 Å². The average Bonchev–Trinajstić information content (AvgIpc) is 2.89. The van der Waals surface area contributed by atoms with Crippen LogP contribution in [0.25, 0.3) is 0 Å². The summed E-state index contributed by atoms with van der Waals surface area (Å²) in [6.07, 6.45) is -2.06. The summed E-state index contributed by atoms with van der Waals surface area (Å²) in [7, 11) is 3.23. The first-order valence-corrected chi connectivity index (χ1v) is 9.45. The molecule has 158 valence electrons. The van der Waals surface area contributed by atoms with Gasteiger partial charge in [0.25, 0.3) is 5.91 Å². The highest BCUT2D eigenvalue weighted by molar-refractivity contribution is 6.30. The second-order valence-corrected chi connectivity index (χ2v) is 7.15. The van der Waals surface area contributed by atoms with E-state index in [1.54, 1.807) is 36.9 Å². The van der Waals surface area contributed by atoms with Gasteiger partial charge in [-0.15, -0.1) is 0 Å². The highest BCUT2D eigenvalue weighted by Gasteiger charge is 2.28. The SMILES string of the molecule is COCC(Oc1ccc(Cl)cc1C)C(=O)OC(C)C(=O)Nc1c(C)nn(C)c1C. The predicted octanol–water partition coefficient (Wildman–Crippen LogP) is 2.96. The maximum atomic E-state index is 12.6. The maximum absolute atomic E-state index is 12.6. The lowest BCUT2D eigenvalue weighted by molar-refractivity contribution is -0.162. The number of nitrogens with one attached hydrogen (secondary N) is 1. The number of carbonyl (C=O) groups is 2. The van der Waals surface area contributed by atoms with Crippen molar-refractivity contribution in [1.29, 1.82) is 0 Å². The minimum atomic E-state index is -1.03. The van der Waals surface area contributed by atoms with Crippen LogP contribution in [0.2, 0.25) is 5.02 Å². The molecule has 8 nitrogen and oxygen atoms in total. The van der Waals surface area contributed by atoms with Gasteiger partial charge >= 0.3 is 5.97 Å². The van der Waals surface area contributed by atoms with Crippen molar-refractivity contribution < 1.29 is 23.8 Å². The first-order valence-electron chi connectivity index (χ1n) is 9.07. The fourth-order valence-electron chi connectivity index (χ4n) is 2.68. The molecule has 0 saturated carbocycles. The summed E-state index contributed by atoms with van der Waals surface area (Å²) in [6, 6.07) is 5.05. The number of methoxy groups -OCH3 is 1. The van der Waals surface area contributed by atoms with E-state index in [9.17, 15) is 9.59 Å². The zero-order valence-electron chi connectivity index (χ0n) is 17.4. The van der Waals surface area contributed by atoms with E-state index in [1.165, 1.54) is 14.0 Å². The molecule has 0 aliphatic carbocycles. The van der Waals surface area contributed by atoms with Crippen molar-refractivity contribution >= 4 is 29.2 Å². The number of nitrogens with zero attached hydrogens (tertiary/aromatic N) is 2. The summed E-state index contributed by atoms with van der Waals surface area (Å²) in [5.41, 5.74) is 2.84. The molecule has 9 heteroatoms. The van der Waals surface area contributed by atoms with Crippen molar-refractivity contribution in [3.8, 4) is 5.75 Å². The van der Waals surface area contributed by atoms with Crippen molar-refractivity contribution in [2.45, 2.75) is 39.9 Å². The molecular weight excluding hydrogens is 398 g/mol. The molecule has 0 radical (unpaired) electrons. The lowest BCUT2D eigenvalue weighted by Crippen LogP contribution is -2.39. The first kappa shape index (κ1) is 22.7. The molecule has 0 saturated heterocycles. The number of esters is 1. The van der Waals surface area contributed by atoms with E-state index in [0.29, 0.717) is 22.2 Å². The molecule has 0 spiro atoms. The molecule has 2 aromatic rings. The van der Waals surface area contributed by atoms with Gasteiger partial charge in [0.15, 0.2) is 6.10 Å². The molecule has 29 heavy (non-hydrogen) atoms. The fraction of sp³-hybridized carbons (Fsp3) is 0.450. The van der Waals surface area contributed by atoms with Crippen LogP contribution in [0.4, 0.5) is 5.69 Å². The Bertz CT molecular complexity index is 896. The molecule has 2 unspecified atom stereocenters. The second-order valence-electron chi connectivity index (χ2n) is 6.71. The van der Waals surface area contributed by atoms with Crippen LogP contribution in [-0.2, 0) is 26.1 Å². The van der Waals surface area contributed by atoms with Gasteiger partial charge in [-0.1, -0.05) is 11.6 Å². The number of aryl methyl sites for hydroxylation is 3. The van der Waals surface area contributed by atoms with Crippen molar-refractivity contribution in [3.63, 3.8) is 0 Å². The van der Waals surface area contributed by atoms with E-state index in [0.717, 1.165) is 11.3 Å². The van der Waals surface area contributed by atoms with E-state index in [2.05, 4.69) is 10.4 Å². The van der Waals surface area contributed by atoms with Crippen LogP contribution in [0.15, 0.2) is 18.2 Å². The number of anilines is 1. The average molecular weight is 424 g/mol. The Morgan fingerprint density at radius 3 is 2.52 bits per heavy atom. The molecule has 0 aliphatic rings. The minimum Gasteiger partial charge on any atom is -0.476 e. The van der Waals surface area contributed by atoms with Crippen molar-refractivity contribution in [2.24, 2.45) is 7.05 Å². The van der Waals surface area contributed by atoms with Gasteiger partial charge in [-0.25, -0.2) is 4.79 Å². The van der Waals surface area contributed by atoms with Gasteiger partial charge < -0.3 is 19.5 Å². The molecule has 1 aromatic heterocycles. The third-order valence-corrected chi connectivity index (χ3v) is 4.64. The predicted molar refractivity (Wildman–Crippen MR) is 109 cm³/mol. The van der Waals surface area contributed by atoms with Gasteiger partial charge in [-0.05, 0) is 51.5 Å². The summed E-state index contributed by atoms with van der Waals surface area (Å²) in [6.45, 7) is 6.90. The Balaban J connectivity index is 2.05. The molecule has 1 amide bonds. The number of hydrogen-bond acceptors (Lipinski definition) is 6. The molecule has 0 bridgehead atoms. The van der Waals surface area contributed by atoms with Crippen LogP contribution in [-0.4, -0.2) is 47.6 Å². The van der Waals surface area contributed by atoms with Gasteiger partial charge in [-0.3, -0.25) is 9.48 Å². The Hall–Kier alpha value is -2.58. The van der Waals surface area contributed by atoms with Crippen LogP contribution in [0.1, 0.15) is 23.9 Å². The summed E-state index contributed by atoms with van der Waals surface area (Å²) in [5.74, 6) is -0.688. The van der Waals surface area contributed by atoms with Crippen LogP contribution in [0.3, 0.4) is 0 Å². The topological polar surface area (TPSA) is 91.7 Å². The minimum absolute atomic E-state index is 0.0317. The highest BCUT2D eigenvalue weighted by atomic mass is 35.5. The summed E-state index contributed by atoms with van der Waals surface area (Å²) >= 11 is 5.95. The fourth-order valence-corrected chi connectivity index (χ4v) is 2.91. The monoisotopic (exact) mass is 423 g/mol. The summed E-state index contributed by atoms with van der Waals surface area (Å²) < 4.78 is 17.8. The lowest BCUT2D eigenvalue weighted by Gasteiger charge is -2.21. The third kappa shape index (κ3) is 5.71. The van der Waals surface area contributed by atoms with Gasteiger partial charge in [-0.2, -0.15) is 5.10 Å². The maximum Gasteiger partial charge on any atom is 0.350 e. The van der Waals surface area contributed by atoms with E-state index in [4.69, 9.17) is 25.8 Å². The Morgan fingerprint density at radius 1 is 1.28 bits per heavy atom. The molecule has 0 fully saturated rings. The molecule has 1 N–H and O–H groups in total. The smallest absolute Gasteiger partial charge is 0.350 e. The van der Waals surface area contributed by atoms with Crippen LogP contribution < -0.4 is 10.1 Å². The molecule has 1 heterocycles.